The lowest BCUT2D eigenvalue weighted by atomic mass is 10.4. The van der Waals surface area contributed by atoms with Crippen LogP contribution in [0.4, 0.5) is 0 Å². The number of hydrogen-bond donors (Lipinski definition) is 1. The van der Waals surface area contributed by atoms with Crippen LogP contribution in [-0.2, 0) is 6.54 Å². The summed E-state index contributed by atoms with van der Waals surface area (Å²) in [7, 11) is 1.88. The molecule has 2 aromatic heterocycles. The second-order valence-corrected chi connectivity index (χ2v) is 4.22. The molecular weight excluding hydrogens is 265 g/mol. The van der Waals surface area contributed by atoms with Crippen molar-refractivity contribution in [2.24, 2.45) is 0 Å². The highest BCUT2D eigenvalue weighted by Gasteiger charge is 2.08. The molecule has 0 bridgehead atoms. The van der Waals surface area contributed by atoms with E-state index in [0.29, 0.717) is 11.7 Å². The number of halogens is 2. The quantitative estimate of drug-likeness (QED) is 0.911. The van der Waals surface area contributed by atoms with E-state index in [4.69, 9.17) is 11.6 Å². The fourth-order valence-electron chi connectivity index (χ4n) is 1.37. The highest BCUT2D eigenvalue weighted by molar-refractivity contribution is 9.10. The van der Waals surface area contributed by atoms with Crippen LogP contribution >= 0.6 is 27.5 Å². The van der Waals surface area contributed by atoms with Crippen LogP contribution in [0.5, 0.6) is 0 Å². The second kappa shape index (κ2) is 3.88. The number of rotatable bonds is 2. The molecule has 0 aliphatic heterocycles. The molecule has 2 rings (SSSR count). The van der Waals surface area contributed by atoms with Crippen molar-refractivity contribution in [1.82, 2.24) is 14.7 Å². The van der Waals surface area contributed by atoms with Gasteiger partial charge in [0.1, 0.15) is 5.82 Å². The Morgan fingerprint density at radius 1 is 1.64 bits per heavy atom. The standard InChI is InChI=1S/C9H9BrClN3/c1-12-5-8-13-9(11)7-4-6(10)2-3-14(7)8/h2-4,12H,5H2,1H3. The predicted molar refractivity (Wildman–Crippen MR) is 60.7 cm³/mol. The number of aromatic nitrogens is 2. The topological polar surface area (TPSA) is 29.3 Å². The fraction of sp³-hybridized carbons (Fsp3) is 0.222. The van der Waals surface area contributed by atoms with Gasteiger partial charge in [-0.05, 0) is 19.2 Å². The van der Waals surface area contributed by atoms with Crippen LogP contribution in [0.1, 0.15) is 5.82 Å². The molecule has 0 saturated heterocycles. The van der Waals surface area contributed by atoms with Crippen LogP contribution in [0.3, 0.4) is 0 Å². The Bertz CT molecular complexity index is 466. The predicted octanol–water partition coefficient (Wildman–Crippen LogP) is 2.47. The van der Waals surface area contributed by atoms with Gasteiger partial charge in [-0.2, -0.15) is 0 Å². The largest absolute Gasteiger partial charge is 0.313 e. The van der Waals surface area contributed by atoms with Crippen molar-refractivity contribution in [2.45, 2.75) is 6.54 Å². The van der Waals surface area contributed by atoms with Crippen molar-refractivity contribution in [3.05, 3.63) is 33.8 Å². The Morgan fingerprint density at radius 3 is 3.14 bits per heavy atom. The van der Waals surface area contributed by atoms with Gasteiger partial charge in [0.25, 0.3) is 0 Å². The van der Waals surface area contributed by atoms with Gasteiger partial charge in [-0.1, -0.05) is 27.5 Å². The Morgan fingerprint density at radius 2 is 2.43 bits per heavy atom. The molecule has 14 heavy (non-hydrogen) atoms. The van der Waals surface area contributed by atoms with E-state index in [-0.39, 0.29) is 0 Å². The summed E-state index contributed by atoms with van der Waals surface area (Å²) in [5.41, 5.74) is 0.922. The van der Waals surface area contributed by atoms with E-state index >= 15 is 0 Å². The lowest BCUT2D eigenvalue weighted by molar-refractivity contribution is 0.755. The molecule has 2 aromatic rings. The van der Waals surface area contributed by atoms with Crippen molar-refractivity contribution in [2.75, 3.05) is 7.05 Å². The first-order chi connectivity index (χ1) is 6.72. The smallest absolute Gasteiger partial charge is 0.155 e. The van der Waals surface area contributed by atoms with E-state index in [1.807, 2.05) is 29.8 Å². The highest BCUT2D eigenvalue weighted by Crippen LogP contribution is 2.21. The Labute approximate surface area is 95.2 Å². The molecule has 0 aliphatic rings. The fourth-order valence-corrected chi connectivity index (χ4v) is 1.94. The summed E-state index contributed by atoms with van der Waals surface area (Å²) < 4.78 is 2.98. The first-order valence-corrected chi connectivity index (χ1v) is 5.36. The molecule has 0 amide bonds. The maximum atomic E-state index is 6.00. The molecule has 0 saturated carbocycles. The molecule has 0 fully saturated rings. The molecule has 1 N–H and O–H groups in total. The summed E-state index contributed by atoms with van der Waals surface area (Å²) in [6.45, 7) is 0.704. The number of pyridine rings is 1. The summed E-state index contributed by atoms with van der Waals surface area (Å²) in [6, 6.07) is 3.92. The van der Waals surface area contributed by atoms with Gasteiger partial charge < -0.3 is 9.72 Å². The number of imidazole rings is 1. The van der Waals surface area contributed by atoms with Gasteiger partial charge in [-0.3, -0.25) is 0 Å². The number of nitrogens with one attached hydrogen (secondary N) is 1. The molecule has 0 spiro atoms. The monoisotopic (exact) mass is 273 g/mol. The Kier molecular flexibility index (Phi) is 2.76. The molecular formula is C9H9BrClN3. The third-order valence-electron chi connectivity index (χ3n) is 1.97. The molecule has 0 unspecified atom stereocenters. The summed E-state index contributed by atoms with van der Waals surface area (Å²) in [4.78, 5) is 4.27. The van der Waals surface area contributed by atoms with Gasteiger partial charge >= 0.3 is 0 Å². The number of fused-ring (bicyclic) bond motifs is 1. The zero-order valence-electron chi connectivity index (χ0n) is 7.59. The van der Waals surface area contributed by atoms with E-state index in [1.165, 1.54) is 0 Å². The maximum Gasteiger partial charge on any atom is 0.155 e. The van der Waals surface area contributed by atoms with E-state index in [1.54, 1.807) is 0 Å². The van der Waals surface area contributed by atoms with E-state index in [9.17, 15) is 0 Å². The van der Waals surface area contributed by atoms with Gasteiger partial charge in [0, 0.05) is 10.7 Å². The van der Waals surface area contributed by atoms with Gasteiger partial charge in [-0.25, -0.2) is 4.98 Å². The summed E-state index contributed by atoms with van der Waals surface area (Å²) in [6.07, 6.45) is 1.95. The zero-order chi connectivity index (χ0) is 10.1. The van der Waals surface area contributed by atoms with Crippen LogP contribution in [0.25, 0.3) is 5.52 Å². The highest BCUT2D eigenvalue weighted by atomic mass is 79.9. The van der Waals surface area contributed by atoms with E-state index in [0.717, 1.165) is 15.8 Å². The second-order valence-electron chi connectivity index (χ2n) is 2.95. The molecule has 0 aromatic carbocycles. The van der Waals surface area contributed by atoms with E-state index in [2.05, 4.69) is 26.2 Å². The average Bonchev–Trinajstić information content (AvgIpc) is 2.44. The third kappa shape index (κ3) is 1.65. The molecule has 2 heterocycles. The van der Waals surface area contributed by atoms with Gasteiger partial charge in [-0.15, -0.1) is 0 Å². The van der Waals surface area contributed by atoms with Crippen LogP contribution < -0.4 is 5.32 Å². The molecule has 0 radical (unpaired) electrons. The van der Waals surface area contributed by atoms with Crippen molar-refractivity contribution in [3.8, 4) is 0 Å². The minimum Gasteiger partial charge on any atom is -0.313 e. The van der Waals surface area contributed by atoms with Crippen molar-refractivity contribution in [3.63, 3.8) is 0 Å². The molecule has 0 aliphatic carbocycles. The lowest BCUT2D eigenvalue weighted by Gasteiger charge is -1.99. The lowest BCUT2D eigenvalue weighted by Crippen LogP contribution is -2.08. The molecule has 5 heteroatoms. The number of nitrogens with zero attached hydrogens (tertiary/aromatic N) is 2. The van der Waals surface area contributed by atoms with Gasteiger partial charge in [0.2, 0.25) is 0 Å². The molecule has 74 valence electrons. The SMILES string of the molecule is CNCc1nc(Cl)c2cc(Br)ccn12. The summed E-state index contributed by atoms with van der Waals surface area (Å²) in [5.74, 6) is 0.917. The minimum absolute atomic E-state index is 0.538. The van der Waals surface area contributed by atoms with E-state index < -0.39 is 0 Å². The number of hydrogen-bond acceptors (Lipinski definition) is 2. The van der Waals surface area contributed by atoms with Crippen LogP contribution in [0.2, 0.25) is 5.15 Å². The van der Waals surface area contributed by atoms with Crippen molar-refractivity contribution < 1.29 is 0 Å². The van der Waals surface area contributed by atoms with Crippen molar-refractivity contribution >= 4 is 33.0 Å². The van der Waals surface area contributed by atoms with Gasteiger partial charge in [0.15, 0.2) is 5.15 Å². The first kappa shape index (κ1) is 9.96. The summed E-state index contributed by atoms with van der Waals surface area (Å²) >= 11 is 9.40. The molecule has 3 nitrogen and oxygen atoms in total. The first-order valence-electron chi connectivity index (χ1n) is 4.19. The van der Waals surface area contributed by atoms with Crippen LogP contribution in [-0.4, -0.2) is 16.4 Å². The van der Waals surface area contributed by atoms with Crippen LogP contribution in [0, 0.1) is 0 Å². The Hall–Kier alpha value is -0.580. The third-order valence-corrected chi connectivity index (χ3v) is 2.74. The van der Waals surface area contributed by atoms with Crippen molar-refractivity contribution in [1.29, 1.82) is 0 Å². The average molecular weight is 275 g/mol. The Balaban J connectivity index is 2.65. The van der Waals surface area contributed by atoms with Crippen LogP contribution in [0.15, 0.2) is 22.8 Å². The summed E-state index contributed by atoms with van der Waals surface area (Å²) in [5, 5.41) is 3.59. The minimum atomic E-state index is 0.538. The van der Waals surface area contributed by atoms with Gasteiger partial charge in [0.05, 0.1) is 12.1 Å². The molecule has 0 atom stereocenters. The zero-order valence-corrected chi connectivity index (χ0v) is 9.93. The normalized spacial score (nSPS) is 11.1. The maximum absolute atomic E-state index is 6.00.